The van der Waals surface area contributed by atoms with E-state index < -0.39 is 17.9 Å². The van der Waals surface area contributed by atoms with Crippen molar-refractivity contribution >= 4 is 29.5 Å². The SMILES string of the molecule is COc1ccc(/C=C/C(=O)N[C@H](C)C(=O)OCC(=O)N2CCN(c3ccccc3)CC2)cc1. The van der Waals surface area contributed by atoms with E-state index in [2.05, 4.69) is 10.2 Å². The molecule has 2 aromatic carbocycles. The molecule has 1 heterocycles. The number of methoxy groups -OCH3 is 1. The van der Waals surface area contributed by atoms with Gasteiger partial charge in [-0.1, -0.05) is 30.3 Å². The van der Waals surface area contributed by atoms with Gasteiger partial charge in [-0.2, -0.15) is 0 Å². The standard InChI is InChI=1S/C25H29N3O5/c1-19(26-23(29)13-10-20-8-11-22(32-2)12-9-20)25(31)33-18-24(30)28-16-14-27(15-17-28)21-6-4-3-5-7-21/h3-13,19H,14-18H2,1-2H3,(H,26,29)/b13-10+/t19-/m1/s1. The normalized spacial score (nSPS) is 14.6. The molecular weight excluding hydrogens is 422 g/mol. The molecule has 0 radical (unpaired) electrons. The highest BCUT2D eigenvalue weighted by Crippen LogP contribution is 2.15. The van der Waals surface area contributed by atoms with Crippen LogP contribution in [-0.2, 0) is 19.1 Å². The lowest BCUT2D eigenvalue weighted by molar-refractivity contribution is -0.154. The molecule has 8 heteroatoms. The molecule has 1 saturated heterocycles. The molecule has 1 aliphatic heterocycles. The van der Waals surface area contributed by atoms with Crippen molar-refractivity contribution in [1.29, 1.82) is 0 Å². The zero-order valence-electron chi connectivity index (χ0n) is 18.9. The number of carbonyl (C=O) groups is 3. The fourth-order valence-electron chi connectivity index (χ4n) is 3.41. The lowest BCUT2D eigenvalue weighted by Crippen LogP contribution is -2.50. The van der Waals surface area contributed by atoms with Gasteiger partial charge in [0, 0.05) is 37.9 Å². The van der Waals surface area contributed by atoms with Crippen molar-refractivity contribution in [3.05, 3.63) is 66.2 Å². The number of anilines is 1. The Morgan fingerprint density at radius 2 is 1.67 bits per heavy atom. The molecule has 0 unspecified atom stereocenters. The second kappa shape index (κ2) is 11.7. The number of para-hydroxylation sites is 1. The third-order valence-corrected chi connectivity index (χ3v) is 5.35. The maximum atomic E-state index is 12.4. The summed E-state index contributed by atoms with van der Waals surface area (Å²) in [7, 11) is 1.58. The summed E-state index contributed by atoms with van der Waals surface area (Å²) in [6, 6.07) is 16.4. The van der Waals surface area contributed by atoms with Crippen LogP contribution in [0.2, 0.25) is 0 Å². The van der Waals surface area contributed by atoms with Gasteiger partial charge in [-0.15, -0.1) is 0 Å². The van der Waals surface area contributed by atoms with Gasteiger partial charge in [-0.25, -0.2) is 4.79 Å². The number of piperazine rings is 1. The molecule has 2 aromatic rings. The van der Waals surface area contributed by atoms with Crippen LogP contribution >= 0.6 is 0 Å². The average Bonchev–Trinajstić information content (AvgIpc) is 2.86. The predicted molar refractivity (Wildman–Crippen MR) is 126 cm³/mol. The molecule has 2 amide bonds. The van der Waals surface area contributed by atoms with Crippen molar-refractivity contribution in [2.75, 3.05) is 44.8 Å². The molecule has 0 spiro atoms. The van der Waals surface area contributed by atoms with Crippen molar-refractivity contribution in [2.45, 2.75) is 13.0 Å². The van der Waals surface area contributed by atoms with Crippen LogP contribution in [0.5, 0.6) is 5.75 Å². The van der Waals surface area contributed by atoms with Crippen LogP contribution in [0.25, 0.3) is 6.08 Å². The fourth-order valence-corrected chi connectivity index (χ4v) is 3.41. The zero-order valence-corrected chi connectivity index (χ0v) is 18.9. The van der Waals surface area contributed by atoms with Crippen molar-refractivity contribution in [1.82, 2.24) is 10.2 Å². The Labute approximate surface area is 193 Å². The third kappa shape index (κ3) is 7.10. The molecular formula is C25H29N3O5. The monoisotopic (exact) mass is 451 g/mol. The largest absolute Gasteiger partial charge is 0.497 e. The third-order valence-electron chi connectivity index (χ3n) is 5.35. The Bertz CT molecular complexity index is 967. The highest BCUT2D eigenvalue weighted by Gasteiger charge is 2.23. The van der Waals surface area contributed by atoms with Gasteiger partial charge in [0.25, 0.3) is 5.91 Å². The minimum Gasteiger partial charge on any atom is -0.497 e. The zero-order chi connectivity index (χ0) is 23.6. The molecule has 1 aliphatic rings. The van der Waals surface area contributed by atoms with E-state index in [-0.39, 0.29) is 12.5 Å². The number of amides is 2. The van der Waals surface area contributed by atoms with Gasteiger partial charge >= 0.3 is 5.97 Å². The van der Waals surface area contributed by atoms with Crippen LogP contribution in [-0.4, -0.2) is 68.6 Å². The van der Waals surface area contributed by atoms with Gasteiger partial charge in [0.1, 0.15) is 11.8 Å². The van der Waals surface area contributed by atoms with Crippen LogP contribution in [0, 0.1) is 0 Å². The van der Waals surface area contributed by atoms with Gasteiger partial charge in [0.05, 0.1) is 7.11 Å². The van der Waals surface area contributed by atoms with Crippen LogP contribution in [0.1, 0.15) is 12.5 Å². The quantitative estimate of drug-likeness (QED) is 0.489. The van der Waals surface area contributed by atoms with Crippen LogP contribution in [0.4, 0.5) is 5.69 Å². The summed E-state index contributed by atoms with van der Waals surface area (Å²) in [5.41, 5.74) is 1.95. The summed E-state index contributed by atoms with van der Waals surface area (Å²) in [6.07, 6.45) is 2.97. The van der Waals surface area contributed by atoms with Crippen LogP contribution in [0.3, 0.4) is 0 Å². The van der Waals surface area contributed by atoms with Gasteiger partial charge in [0.15, 0.2) is 6.61 Å². The minimum atomic E-state index is -0.874. The summed E-state index contributed by atoms with van der Waals surface area (Å²) in [6.45, 7) is 3.74. The first kappa shape index (κ1) is 23.8. The predicted octanol–water partition coefficient (Wildman–Crippen LogP) is 2.11. The Morgan fingerprint density at radius 1 is 1.00 bits per heavy atom. The molecule has 3 rings (SSSR count). The van der Waals surface area contributed by atoms with E-state index in [0.29, 0.717) is 13.1 Å². The molecule has 0 bridgehead atoms. The molecule has 0 saturated carbocycles. The smallest absolute Gasteiger partial charge is 0.328 e. The Balaban J connectivity index is 1.38. The summed E-state index contributed by atoms with van der Waals surface area (Å²) >= 11 is 0. The molecule has 1 N–H and O–H groups in total. The summed E-state index contributed by atoms with van der Waals surface area (Å²) in [5, 5.41) is 2.54. The number of hydrogen-bond acceptors (Lipinski definition) is 6. The first-order valence-corrected chi connectivity index (χ1v) is 10.8. The highest BCUT2D eigenvalue weighted by molar-refractivity contribution is 5.94. The number of benzene rings is 2. The van der Waals surface area contributed by atoms with E-state index >= 15 is 0 Å². The lowest BCUT2D eigenvalue weighted by Gasteiger charge is -2.36. The highest BCUT2D eigenvalue weighted by atomic mass is 16.5. The van der Waals surface area contributed by atoms with Gasteiger partial charge in [0.2, 0.25) is 5.91 Å². The van der Waals surface area contributed by atoms with Gasteiger partial charge in [-0.05, 0) is 42.8 Å². The molecule has 174 valence electrons. The molecule has 1 fully saturated rings. The van der Waals surface area contributed by atoms with E-state index in [1.165, 1.54) is 13.0 Å². The Hall–Kier alpha value is -3.81. The lowest BCUT2D eigenvalue weighted by atomic mass is 10.2. The van der Waals surface area contributed by atoms with Crippen molar-refractivity contribution < 1.29 is 23.9 Å². The maximum absolute atomic E-state index is 12.4. The first-order valence-electron chi connectivity index (χ1n) is 10.8. The number of carbonyl (C=O) groups excluding carboxylic acids is 3. The van der Waals surface area contributed by atoms with Crippen molar-refractivity contribution in [3.8, 4) is 5.75 Å². The topological polar surface area (TPSA) is 88.2 Å². The van der Waals surface area contributed by atoms with E-state index in [1.807, 2.05) is 42.5 Å². The summed E-state index contributed by atoms with van der Waals surface area (Å²) < 4.78 is 10.2. The van der Waals surface area contributed by atoms with Crippen LogP contribution < -0.4 is 15.0 Å². The van der Waals surface area contributed by atoms with Gasteiger partial charge < -0.3 is 24.6 Å². The number of rotatable bonds is 8. The van der Waals surface area contributed by atoms with Crippen molar-refractivity contribution in [3.63, 3.8) is 0 Å². The average molecular weight is 452 g/mol. The van der Waals surface area contributed by atoms with E-state index in [4.69, 9.17) is 9.47 Å². The summed E-state index contributed by atoms with van der Waals surface area (Å²) in [4.78, 5) is 40.6. The van der Waals surface area contributed by atoms with E-state index in [0.717, 1.165) is 30.1 Å². The molecule has 33 heavy (non-hydrogen) atoms. The Kier molecular flexibility index (Phi) is 8.46. The van der Waals surface area contributed by atoms with E-state index in [1.54, 1.807) is 30.2 Å². The first-order chi connectivity index (χ1) is 16.0. The summed E-state index contributed by atoms with van der Waals surface area (Å²) in [5.74, 6) is -0.606. The molecule has 0 aromatic heterocycles. The number of hydrogen-bond donors (Lipinski definition) is 1. The van der Waals surface area contributed by atoms with E-state index in [9.17, 15) is 14.4 Å². The minimum absolute atomic E-state index is 0.242. The maximum Gasteiger partial charge on any atom is 0.328 e. The number of esters is 1. The van der Waals surface area contributed by atoms with Crippen LogP contribution in [0.15, 0.2) is 60.7 Å². The molecule has 1 atom stereocenters. The molecule has 8 nitrogen and oxygen atoms in total. The number of nitrogens with zero attached hydrogens (tertiary/aromatic N) is 2. The Morgan fingerprint density at radius 3 is 2.30 bits per heavy atom. The van der Waals surface area contributed by atoms with Crippen molar-refractivity contribution in [2.24, 2.45) is 0 Å². The molecule has 0 aliphatic carbocycles. The second-order valence-corrected chi connectivity index (χ2v) is 7.65. The second-order valence-electron chi connectivity index (χ2n) is 7.65. The van der Waals surface area contributed by atoms with Gasteiger partial charge in [-0.3, -0.25) is 9.59 Å². The number of ether oxygens (including phenoxy) is 2. The fraction of sp³-hybridized carbons (Fsp3) is 0.320. The number of nitrogens with one attached hydrogen (secondary N) is 1.